The van der Waals surface area contributed by atoms with Crippen molar-refractivity contribution in [2.75, 3.05) is 37.7 Å². The van der Waals surface area contributed by atoms with Crippen molar-refractivity contribution < 1.29 is 14.3 Å². The van der Waals surface area contributed by atoms with Crippen LogP contribution in [0.15, 0.2) is 36.4 Å². The average Bonchev–Trinajstić information content (AvgIpc) is 2.69. The highest BCUT2D eigenvalue weighted by molar-refractivity contribution is 5.94. The normalized spacial score (nSPS) is 14.4. The molecule has 1 aliphatic rings. The molecule has 1 aromatic heterocycles. The molecule has 0 aliphatic carbocycles. The van der Waals surface area contributed by atoms with Crippen LogP contribution in [0.3, 0.4) is 0 Å². The van der Waals surface area contributed by atoms with Crippen molar-refractivity contribution in [3.8, 4) is 11.6 Å². The molecule has 2 aromatic rings. The first-order valence-electron chi connectivity index (χ1n) is 9.34. The molecule has 0 atom stereocenters. The quantitative estimate of drug-likeness (QED) is 0.779. The standard InChI is InChI=1S/C20H26N4O3/c1-4-26-19-10-9-18(21-22-19)23-11-13-24(14-12-23)20(25)16-5-7-17(8-6-16)27-15(2)3/h5-10,15H,4,11-14H2,1-3H3. The van der Waals surface area contributed by atoms with Gasteiger partial charge in [-0.25, -0.2) is 0 Å². The van der Waals surface area contributed by atoms with Crippen molar-refractivity contribution in [1.29, 1.82) is 0 Å². The predicted octanol–water partition coefficient (Wildman–Crippen LogP) is 2.62. The van der Waals surface area contributed by atoms with Crippen molar-refractivity contribution in [1.82, 2.24) is 15.1 Å². The lowest BCUT2D eigenvalue weighted by Crippen LogP contribution is -2.49. The number of amides is 1. The number of anilines is 1. The van der Waals surface area contributed by atoms with Gasteiger partial charge in [-0.15, -0.1) is 10.2 Å². The molecule has 0 bridgehead atoms. The first-order valence-corrected chi connectivity index (χ1v) is 9.34. The number of rotatable bonds is 6. The zero-order valence-electron chi connectivity index (χ0n) is 16.1. The monoisotopic (exact) mass is 370 g/mol. The fraction of sp³-hybridized carbons (Fsp3) is 0.450. The summed E-state index contributed by atoms with van der Waals surface area (Å²) in [6.45, 7) is 9.19. The summed E-state index contributed by atoms with van der Waals surface area (Å²) in [4.78, 5) is 16.7. The van der Waals surface area contributed by atoms with Gasteiger partial charge in [-0.2, -0.15) is 0 Å². The Morgan fingerprint density at radius 3 is 2.30 bits per heavy atom. The molecule has 0 spiro atoms. The lowest BCUT2D eigenvalue weighted by atomic mass is 10.1. The van der Waals surface area contributed by atoms with E-state index in [1.54, 1.807) is 0 Å². The molecule has 7 heteroatoms. The van der Waals surface area contributed by atoms with Crippen molar-refractivity contribution in [2.45, 2.75) is 26.9 Å². The van der Waals surface area contributed by atoms with Gasteiger partial charge in [-0.05, 0) is 51.1 Å². The van der Waals surface area contributed by atoms with E-state index >= 15 is 0 Å². The maximum atomic E-state index is 12.7. The third kappa shape index (κ3) is 4.87. The largest absolute Gasteiger partial charge is 0.491 e. The van der Waals surface area contributed by atoms with Crippen LogP contribution in [0, 0.1) is 0 Å². The van der Waals surface area contributed by atoms with Crippen LogP contribution in [0.5, 0.6) is 11.6 Å². The van der Waals surface area contributed by atoms with E-state index in [0.717, 1.165) is 24.7 Å². The molecule has 0 N–H and O–H groups in total. The number of hydrogen-bond donors (Lipinski definition) is 0. The van der Waals surface area contributed by atoms with Crippen molar-refractivity contribution >= 4 is 11.7 Å². The van der Waals surface area contributed by atoms with Gasteiger partial charge in [0.15, 0.2) is 5.82 Å². The van der Waals surface area contributed by atoms with Crippen LogP contribution in [0.2, 0.25) is 0 Å². The summed E-state index contributed by atoms with van der Waals surface area (Å²) in [5.74, 6) is 2.16. The molecule has 3 rings (SSSR count). The third-order valence-corrected chi connectivity index (χ3v) is 4.28. The molecule has 1 saturated heterocycles. The Hall–Kier alpha value is -2.83. The van der Waals surface area contributed by atoms with E-state index in [0.29, 0.717) is 31.1 Å². The highest BCUT2D eigenvalue weighted by atomic mass is 16.5. The number of benzene rings is 1. The van der Waals surface area contributed by atoms with E-state index < -0.39 is 0 Å². The Morgan fingerprint density at radius 2 is 1.74 bits per heavy atom. The Labute approximate surface area is 159 Å². The number of piperazine rings is 1. The number of carbonyl (C=O) groups is 1. The number of ether oxygens (including phenoxy) is 2. The summed E-state index contributed by atoms with van der Waals surface area (Å²) >= 11 is 0. The highest BCUT2D eigenvalue weighted by Gasteiger charge is 2.23. The number of nitrogens with zero attached hydrogens (tertiary/aromatic N) is 4. The highest BCUT2D eigenvalue weighted by Crippen LogP contribution is 2.18. The SMILES string of the molecule is CCOc1ccc(N2CCN(C(=O)c3ccc(OC(C)C)cc3)CC2)nn1. The van der Waals surface area contributed by atoms with Crippen LogP contribution in [0.25, 0.3) is 0 Å². The first kappa shape index (κ1) is 18.9. The van der Waals surface area contributed by atoms with Gasteiger partial charge < -0.3 is 19.3 Å². The van der Waals surface area contributed by atoms with Crippen LogP contribution in [-0.2, 0) is 0 Å². The lowest BCUT2D eigenvalue weighted by Gasteiger charge is -2.35. The number of carbonyl (C=O) groups excluding carboxylic acids is 1. The van der Waals surface area contributed by atoms with Crippen LogP contribution in [-0.4, -0.2) is 59.9 Å². The molecule has 0 unspecified atom stereocenters. The summed E-state index contributed by atoms with van der Waals surface area (Å²) in [6, 6.07) is 11.1. The minimum absolute atomic E-state index is 0.0449. The van der Waals surface area contributed by atoms with Gasteiger partial charge in [0.05, 0.1) is 12.7 Å². The van der Waals surface area contributed by atoms with Gasteiger partial charge in [0.25, 0.3) is 5.91 Å². The molecule has 2 heterocycles. The second kappa shape index (κ2) is 8.70. The van der Waals surface area contributed by atoms with Crippen LogP contribution in [0.1, 0.15) is 31.1 Å². The first-order chi connectivity index (χ1) is 13.1. The van der Waals surface area contributed by atoms with E-state index in [-0.39, 0.29) is 12.0 Å². The van der Waals surface area contributed by atoms with Gasteiger partial charge in [0, 0.05) is 37.8 Å². The molecular formula is C20H26N4O3. The van der Waals surface area contributed by atoms with Crippen molar-refractivity contribution in [3.05, 3.63) is 42.0 Å². The molecule has 1 amide bonds. The van der Waals surface area contributed by atoms with Gasteiger partial charge in [-0.3, -0.25) is 4.79 Å². The van der Waals surface area contributed by atoms with Gasteiger partial charge in [0.2, 0.25) is 5.88 Å². The zero-order chi connectivity index (χ0) is 19.2. The molecule has 1 fully saturated rings. The van der Waals surface area contributed by atoms with E-state index in [1.807, 2.05) is 62.1 Å². The van der Waals surface area contributed by atoms with Gasteiger partial charge in [0.1, 0.15) is 5.75 Å². The predicted molar refractivity (Wildman–Crippen MR) is 104 cm³/mol. The number of aromatic nitrogens is 2. The Kier molecular flexibility index (Phi) is 6.11. The third-order valence-electron chi connectivity index (χ3n) is 4.28. The van der Waals surface area contributed by atoms with Gasteiger partial charge in [-0.1, -0.05) is 0 Å². The molecule has 0 radical (unpaired) electrons. The topological polar surface area (TPSA) is 67.8 Å². The van der Waals surface area contributed by atoms with Crippen LogP contribution < -0.4 is 14.4 Å². The Balaban J connectivity index is 1.55. The summed E-state index contributed by atoms with van der Waals surface area (Å²) in [5.41, 5.74) is 0.681. The second-order valence-electron chi connectivity index (χ2n) is 6.63. The van der Waals surface area contributed by atoms with Crippen LogP contribution in [0.4, 0.5) is 5.82 Å². The molecule has 27 heavy (non-hydrogen) atoms. The summed E-state index contributed by atoms with van der Waals surface area (Å²) < 4.78 is 10.9. The average molecular weight is 370 g/mol. The molecule has 7 nitrogen and oxygen atoms in total. The van der Waals surface area contributed by atoms with Gasteiger partial charge >= 0.3 is 0 Å². The smallest absolute Gasteiger partial charge is 0.253 e. The van der Waals surface area contributed by atoms with E-state index in [4.69, 9.17) is 9.47 Å². The maximum absolute atomic E-state index is 12.7. The second-order valence-corrected chi connectivity index (χ2v) is 6.63. The summed E-state index contributed by atoms with van der Waals surface area (Å²) in [6.07, 6.45) is 0.116. The summed E-state index contributed by atoms with van der Waals surface area (Å²) in [7, 11) is 0. The van der Waals surface area contributed by atoms with E-state index in [2.05, 4.69) is 15.1 Å². The number of hydrogen-bond acceptors (Lipinski definition) is 6. The molecular weight excluding hydrogens is 344 g/mol. The van der Waals surface area contributed by atoms with E-state index in [1.165, 1.54) is 0 Å². The molecule has 144 valence electrons. The fourth-order valence-corrected chi connectivity index (χ4v) is 2.98. The summed E-state index contributed by atoms with van der Waals surface area (Å²) in [5, 5.41) is 8.28. The van der Waals surface area contributed by atoms with Crippen molar-refractivity contribution in [3.63, 3.8) is 0 Å². The zero-order valence-corrected chi connectivity index (χ0v) is 16.1. The maximum Gasteiger partial charge on any atom is 0.253 e. The molecule has 0 saturated carbocycles. The minimum Gasteiger partial charge on any atom is -0.491 e. The lowest BCUT2D eigenvalue weighted by molar-refractivity contribution is 0.0746. The Morgan fingerprint density at radius 1 is 1.04 bits per heavy atom. The Bertz CT molecular complexity index is 739. The fourth-order valence-electron chi connectivity index (χ4n) is 2.98. The van der Waals surface area contributed by atoms with Crippen LogP contribution >= 0.6 is 0 Å². The van der Waals surface area contributed by atoms with E-state index in [9.17, 15) is 4.79 Å². The minimum atomic E-state index is 0.0449. The van der Waals surface area contributed by atoms with Crippen molar-refractivity contribution in [2.24, 2.45) is 0 Å². The molecule has 1 aromatic carbocycles. The molecule has 1 aliphatic heterocycles.